The Labute approximate surface area is 110 Å². The fourth-order valence-electron chi connectivity index (χ4n) is 1.28. The molecule has 1 heterocycles. The molecule has 1 amide bonds. The molecule has 0 spiro atoms. The fraction of sp³-hybridized carbons (Fsp3) is 0.600. The lowest BCUT2D eigenvalue weighted by molar-refractivity contribution is 0.0956. The quantitative estimate of drug-likeness (QED) is 0.470. The summed E-state index contributed by atoms with van der Waals surface area (Å²) in [5.41, 5.74) is 2.62. The topological polar surface area (TPSA) is 102 Å². The Hall–Kier alpha value is -0.990. The molecule has 1 aromatic rings. The number of sulfone groups is 1. The van der Waals surface area contributed by atoms with Crippen LogP contribution in [-0.2, 0) is 22.0 Å². The first kappa shape index (κ1) is 15.1. The molecule has 1 rings (SSSR count). The molecule has 6 nitrogen and oxygen atoms in total. The van der Waals surface area contributed by atoms with Crippen LogP contribution in [0.2, 0.25) is 0 Å². The summed E-state index contributed by atoms with van der Waals surface area (Å²) >= 11 is 1.08. The molecule has 0 saturated carbocycles. The van der Waals surface area contributed by atoms with Crippen LogP contribution in [0.5, 0.6) is 0 Å². The molecular formula is C10H17N3O3S2. The molecular weight excluding hydrogens is 274 g/mol. The Morgan fingerprint density at radius 2 is 2.11 bits per heavy atom. The molecule has 1 aromatic heterocycles. The molecule has 0 fully saturated rings. The monoisotopic (exact) mass is 291 g/mol. The zero-order chi connectivity index (χ0) is 13.9. The van der Waals surface area contributed by atoms with Crippen molar-refractivity contribution >= 4 is 27.1 Å². The van der Waals surface area contributed by atoms with Crippen molar-refractivity contribution < 1.29 is 13.2 Å². The van der Waals surface area contributed by atoms with Crippen molar-refractivity contribution in [1.29, 1.82) is 0 Å². The van der Waals surface area contributed by atoms with E-state index in [-0.39, 0.29) is 5.75 Å². The Balaban J connectivity index is 3.07. The molecule has 0 aliphatic rings. The van der Waals surface area contributed by atoms with Crippen LogP contribution in [0.4, 0.5) is 0 Å². The lowest BCUT2D eigenvalue weighted by Crippen LogP contribution is -2.30. The van der Waals surface area contributed by atoms with E-state index in [9.17, 15) is 13.2 Å². The molecule has 18 heavy (non-hydrogen) atoms. The summed E-state index contributed by atoms with van der Waals surface area (Å²) in [5.74, 6) is 4.50. The maximum absolute atomic E-state index is 11.8. The second-order valence-electron chi connectivity index (χ2n) is 4.07. The van der Waals surface area contributed by atoms with Gasteiger partial charge in [0.15, 0.2) is 9.84 Å². The van der Waals surface area contributed by atoms with Crippen molar-refractivity contribution in [2.45, 2.75) is 38.2 Å². The maximum atomic E-state index is 11.8. The average molecular weight is 291 g/mol. The molecule has 0 bridgehead atoms. The Bertz CT molecular complexity index is 535. The van der Waals surface area contributed by atoms with Crippen LogP contribution in [0, 0.1) is 0 Å². The van der Waals surface area contributed by atoms with Gasteiger partial charge in [0.25, 0.3) is 5.91 Å². The Morgan fingerprint density at radius 3 is 2.56 bits per heavy atom. The SMILES string of the molecule is CCc1nc(CS(=O)(=O)C(C)C)sc1C(=O)NN. The highest BCUT2D eigenvalue weighted by Crippen LogP contribution is 2.22. The molecule has 8 heteroatoms. The fourth-order valence-corrected chi connectivity index (χ4v) is 3.61. The molecule has 102 valence electrons. The largest absolute Gasteiger partial charge is 0.289 e. The smallest absolute Gasteiger partial charge is 0.277 e. The van der Waals surface area contributed by atoms with Crippen LogP contribution in [0.15, 0.2) is 0 Å². The third-order valence-electron chi connectivity index (χ3n) is 2.46. The molecule has 0 aromatic carbocycles. The minimum absolute atomic E-state index is 0.139. The minimum Gasteiger partial charge on any atom is -0.289 e. The predicted octanol–water partition coefficient (Wildman–Crippen LogP) is 0.632. The van der Waals surface area contributed by atoms with Gasteiger partial charge in [0.2, 0.25) is 0 Å². The van der Waals surface area contributed by atoms with Crippen molar-refractivity contribution in [3.05, 3.63) is 15.6 Å². The second kappa shape index (κ2) is 5.77. The Kier molecular flexibility index (Phi) is 4.83. The lowest BCUT2D eigenvalue weighted by atomic mass is 10.3. The number of amides is 1. The third-order valence-corrected chi connectivity index (χ3v) is 5.85. The van der Waals surface area contributed by atoms with E-state index in [1.165, 1.54) is 0 Å². The molecule has 0 unspecified atom stereocenters. The highest BCUT2D eigenvalue weighted by Gasteiger charge is 2.22. The van der Waals surface area contributed by atoms with Crippen LogP contribution in [-0.4, -0.2) is 24.6 Å². The number of carbonyl (C=O) groups is 1. The number of aryl methyl sites for hydroxylation is 1. The minimum atomic E-state index is -3.21. The molecule has 0 aliphatic carbocycles. The predicted molar refractivity (Wildman–Crippen MR) is 70.9 cm³/mol. The summed E-state index contributed by atoms with van der Waals surface area (Å²) < 4.78 is 23.6. The number of nitrogens with two attached hydrogens (primary N) is 1. The zero-order valence-electron chi connectivity index (χ0n) is 10.6. The van der Waals surface area contributed by atoms with Gasteiger partial charge >= 0.3 is 0 Å². The van der Waals surface area contributed by atoms with E-state index in [1.54, 1.807) is 13.8 Å². The highest BCUT2D eigenvalue weighted by molar-refractivity contribution is 7.91. The number of thiazole rings is 1. The van der Waals surface area contributed by atoms with Crippen LogP contribution in [0.1, 0.15) is 41.1 Å². The first-order valence-electron chi connectivity index (χ1n) is 5.52. The van der Waals surface area contributed by atoms with Gasteiger partial charge in [-0.3, -0.25) is 10.2 Å². The number of nitrogens with one attached hydrogen (secondary N) is 1. The Morgan fingerprint density at radius 1 is 1.50 bits per heavy atom. The number of aromatic nitrogens is 1. The summed E-state index contributed by atoms with van der Waals surface area (Å²) in [6.45, 7) is 5.09. The van der Waals surface area contributed by atoms with Gasteiger partial charge in [-0.1, -0.05) is 6.92 Å². The summed E-state index contributed by atoms with van der Waals surface area (Å²) in [6.07, 6.45) is 0.557. The van der Waals surface area contributed by atoms with Crippen LogP contribution in [0.3, 0.4) is 0 Å². The standard InChI is InChI=1S/C10H17N3O3S2/c1-4-7-9(10(14)13-11)17-8(12-7)5-18(15,16)6(2)3/h6H,4-5,11H2,1-3H3,(H,13,14). The number of hydrazine groups is 1. The third kappa shape index (κ3) is 3.27. The van der Waals surface area contributed by atoms with E-state index in [2.05, 4.69) is 4.98 Å². The van der Waals surface area contributed by atoms with Crippen molar-refractivity contribution in [1.82, 2.24) is 10.4 Å². The highest BCUT2D eigenvalue weighted by atomic mass is 32.2. The number of hydrogen-bond acceptors (Lipinski definition) is 6. The maximum Gasteiger partial charge on any atom is 0.277 e. The zero-order valence-corrected chi connectivity index (χ0v) is 12.2. The molecule has 0 saturated heterocycles. The van der Waals surface area contributed by atoms with E-state index < -0.39 is 21.0 Å². The van der Waals surface area contributed by atoms with E-state index in [0.717, 1.165) is 11.3 Å². The van der Waals surface area contributed by atoms with Gasteiger partial charge in [-0.2, -0.15) is 0 Å². The molecule has 0 radical (unpaired) electrons. The normalized spacial score (nSPS) is 11.8. The summed E-state index contributed by atoms with van der Waals surface area (Å²) in [6, 6.07) is 0. The molecule has 0 aliphatic heterocycles. The van der Waals surface area contributed by atoms with E-state index in [0.29, 0.717) is 22.0 Å². The van der Waals surface area contributed by atoms with Gasteiger partial charge in [-0.15, -0.1) is 11.3 Å². The van der Waals surface area contributed by atoms with Crippen molar-refractivity contribution in [3.63, 3.8) is 0 Å². The van der Waals surface area contributed by atoms with Gasteiger partial charge in [-0.25, -0.2) is 19.2 Å². The van der Waals surface area contributed by atoms with Crippen LogP contribution >= 0.6 is 11.3 Å². The average Bonchev–Trinajstić information content (AvgIpc) is 2.70. The molecule has 0 atom stereocenters. The van der Waals surface area contributed by atoms with Gasteiger partial charge in [0, 0.05) is 0 Å². The van der Waals surface area contributed by atoms with Gasteiger partial charge < -0.3 is 0 Å². The van der Waals surface area contributed by atoms with Gasteiger partial charge in [0.1, 0.15) is 15.6 Å². The first-order valence-corrected chi connectivity index (χ1v) is 8.06. The summed E-state index contributed by atoms with van der Waals surface area (Å²) in [7, 11) is -3.21. The summed E-state index contributed by atoms with van der Waals surface area (Å²) in [4.78, 5) is 16.1. The van der Waals surface area contributed by atoms with E-state index in [4.69, 9.17) is 5.84 Å². The summed E-state index contributed by atoms with van der Waals surface area (Å²) in [5, 5.41) is -0.0302. The number of hydrogen-bond donors (Lipinski definition) is 2. The van der Waals surface area contributed by atoms with Crippen LogP contribution < -0.4 is 11.3 Å². The number of carbonyl (C=O) groups excluding carboxylic acids is 1. The van der Waals surface area contributed by atoms with Crippen LogP contribution in [0.25, 0.3) is 0 Å². The number of nitrogens with zero attached hydrogens (tertiary/aromatic N) is 1. The molecule has 3 N–H and O–H groups in total. The van der Waals surface area contributed by atoms with Crippen molar-refractivity contribution in [3.8, 4) is 0 Å². The van der Waals surface area contributed by atoms with E-state index >= 15 is 0 Å². The number of rotatable bonds is 5. The van der Waals surface area contributed by atoms with E-state index in [1.807, 2.05) is 12.3 Å². The van der Waals surface area contributed by atoms with Gasteiger partial charge in [-0.05, 0) is 20.3 Å². The first-order chi connectivity index (χ1) is 8.31. The van der Waals surface area contributed by atoms with Crippen molar-refractivity contribution in [2.75, 3.05) is 0 Å². The van der Waals surface area contributed by atoms with Crippen molar-refractivity contribution in [2.24, 2.45) is 5.84 Å². The lowest BCUT2D eigenvalue weighted by Gasteiger charge is -2.04. The second-order valence-corrected chi connectivity index (χ2v) is 7.71. The van der Waals surface area contributed by atoms with Gasteiger partial charge in [0.05, 0.1) is 10.9 Å². The number of nitrogen functional groups attached to an aromatic ring is 1.